The third-order valence-corrected chi connectivity index (χ3v) is 2.40. The summed E-state index contributed by atoms with van der Waals surface area (Å²) in [6.45, 7) is 3.75. The van der Waals surface area contributed by atoms with Gasteiger partial charge >= 0.3 is 0 Å². The van der Waals surface area contributed by atoms with Crippen molar-refractivity contribution >= 4 is 17.9 Å². The topological polar surface area (TPSA) is 81.3 Å². The highest BCUT2D eigenvalue weighted by Crippen LogP contribution is 2.12. The summed E-state index contributed by atoms with van der Waals surface area (Å²) in [6, 6.07) is 7.99. The molecule has 1 aromatic carbocycles. The summed E-state index contributed by atoms with van der Waals surface area (Å²) in [6.07, 6.45) is 1.58. The molecule has 0 unspecified atom stereocenters. The van der Waals surface area contributed by atoms with Gasteiger partial charge in [-0.3, -0.25) is 10.1 Å². The molecule has 0 N–H and O–H groups in total. The van der Waals surface area contributed by atoms with E-state index >= 15 is 0 Å². The summed E-state index contributed by atoms with van der Waals surface area (Å²) in [7, 11) is 0. The fourth-order valence-corrected chi connectivity index (χ4v) is 1.58. The number of hydrogen-bond acceptors (Lipinski definition) is 5. The second kappa shape index (κ2) is 5.34. The van der Waals surface area contributed by atoms with Gasteiger partial charge in [0.15, 0.2) is 0 Å². The van der Waals surface area contributed by atoms with Crippen LogP contribution in [0.3, 0.4) is 0 Å². The summed E-state index contributed by atoms with van der Waals surface area (Å²) in [4.78, 5) is 22.6. The van der Waals surface area contributed by atoms with E-state index in [2.05, 4.69) is 15.0 Å². The molecule has 0 amide bonds. The highest BCUT2D eigenvalue weighted by molar-refractivity contribution is 5.81. The maximum absolute atomic E-state index is 10.5. The molecule has 0 spiro atoms. The zero-order chi connectivity index (χ0) is 13.8. The summed E-state index contributed by atoms with van der Waals surface area (Å²) in [5.41, 5.74) is 2.51. The Morgan fingerprint density at radius 3 is 2.26 bits per heavy atom. The first-order valence-corrected chi connectivity index (χ1v) is 5.65. The van der Waals surface area contributed by atoms with E-state index in [9.17, 15) is 10.1 Å². The zero-order valence-electron chi connectivity index (χ0n) is 10.6. The minimum absolute atomic E-state index is 0.0554. The maximum Gasteiger partial charge on any atom is 0.269 e. The van der Waals surface area contributed by atoms with Crippen molar-refractivity contribution in [2.45, 2.75) is 13.8 Å². The summed E-state index contributed by atoms with van der Waals surface area (Å²) in [5.74, 6) is 0.385. The minimum Gasteiger partial charge on any atom is -0.258 e. The van der Waals surface area contributed by atoms with E-state index in [4.69, 9.17) is 0 Å². The van der Waals surface area contributed by atoms with Crippen molar-refractivity contribution in [1.29, 1.82) is 0 Å². The lowest BCUT2D eigenvalue weighted by molar-refractivity contribution is -0.384. The molecule has 2 aromatic rings. The molecule has 96 valence electrons. The Balaban J connectivity index is 2.20. The molecule has 0 saturated carbocycles. The number of non-ortho nitro benzene ring substituents is 1. The molecule has 0 bridgehead atoms. The molecular formula is C13H12N4O2. The Hall–Kier alpha value is -2.63. The van der Waals surface area contributed by atoms with Crippen molar-refractivity contribution in [3.8, 4) is 0 Å². The number of aliphatic imine (C=N–C) groups is 1. The van der Waals surface area contributed by atoms with Gasteiger partial charge in [-0.2, -0.15) is 0 Å². The summed E-state index contributed by atoms with van der Waals surface area (Å²) < 4.78 is 0. The molecule has 0 saturated heterocycles. The number of nitro groups is 1. The van der Waals surface area contributed by atoms with E-state index in [1.165, 1.54) is 12.1 Å². The Morgan fingerprint density at radius 1 is 1.16 bits per heavy atom. The monoisotopic (exact) mass is 256 g/mol. The first kappa shape index (κ1) is 12.8. The van der Waals surface area contributed by atoms with E-state index in [1.807, 2.05) is 19.9 Å². The van der Waals surface area contributed by atoms with Gasteiger partial charge in [0, 0.05) is 29.7 Å². The third-order valence-electron chi connectivity index (χ3n) is 2.40. The number of nitro benzene ring substituents is 1. The van der Waals surface area contributed by atoms with Crippen molar-refractivity contribution < 1.29 is 4.92 Å². The molecule has 1 heterocycles. The van der Waals surface area contributed by atoms with E-state index < -0.39 is 4.92 Å². The van der Waals surface area contributed by atoms with Gasteiger partial charge in [-0.05, 0) is 37.6 Å². The number of aryl methyl sites for hydroxylation is 2. The second-order valence-electron chi connectivity index (χ2n) is 4.06. The van der Waals surface area contributed by atoms with Crippen LogP contribution in [-0.2, 0) is 0 Å². The maximum atomic E-state index is 10.5. The van der Waals surface area contributed by atoms with Crippen LogP contribution in [0.2, 0.25) is 0 Å². The molecule has 6 nitrogen and oxygen atoms in total. The molecular weight excluding hydrogens is 244 g/mol. The first-order chi connectivity index (χ1) is 9.04. The summed E-state index contributed by atoms with van der Waals surface area (Å²) >= 11 is 0. The van der Waals surface area contributed by atoms with Crippen LogP contribution in [0.4, 0.5) is 11.6 Å². The van der Waals surface area contributed by atoms with Gasteiger partial charge in [-0.1, -0.05) is 0 Å². The van der Waals surface area contributed by atoms with Gasteiger partial charge in [0.25, 0.3) is 5.69 Å². The molecule has 0 radical (unpaired) electrons. The lowest BCUT2D eigenvalue weighted by Crippen LogP contribution is -1.90. The van der Waals surface area contributed by atoms with Gasteiger partial charge in [0.1, 0.15) is 0 Å². The normalized spacial score (nSPS) is 10.8. The molecule has 1 aromatic heterocycles. The van der Waals surface area contributed by atoms with Crippen LogP contribution in [0.1, 0.15) is 17.0 Å². The zero-order valence-corrected chi connectivity index (χ0v) is 10.6. The predicted octanol–water partition coefficient (Wildman–Crippen LogP) is 2.75. The standard InChI is InChI=1S/C13H12N4O2/c1-9-7-10(2)16-13(15-9)14-8-11-3-5-12(6-4-11)17(18)19/h3-8H,1-2H3/b14-8+. The van der Waals surface area contributed by atoms with Gasteiger partial charge < -0.3 is 0 Å². The van der Waals surface area contributed by atoms with Gasteiger partial charge in [-0.25, -0.2) is 15.0 Å². The number of aromatic nitrogens is 2. The number of nitrogens with zero attached hydrogens (tertiary/aromatic N) is 4. The minimum atomic E-state index is -0.437. The van der Waals surface area contributed by atoms with Crippen LogP contribution in [0.15, 0.2) is 35.3 Å². The van der Waals surface area contributed by atoms with E-state index in [0.717, 1.165) is 17.0 Å². The molecule has 0 aliphatic heterocycles. The fraction of sp³-hybridized carbons (Fsp3) is 0.154. The highest BCUT2D eigenvalue weighted by Gasteiger charge is 2.02. The number of rotatable bonds is 3. The van der Waals surface area contributed by atoms with Crippen LogP contribution in [-0.4, -0.2) is 21.1 Å². The molecule has 19 heavy (non-hydrogen) atoms. The second-order valence-corrected chi connectivity index (χ2v) is 4.06. The lowest BCUT2D eigenvalue weighted by atomic mass is 10.2. The quantitative estimate of drug-likeness (QED) is 0.480. The Kier molecular flexibility index (Phi) is 3.61. The SMILES string of the molecule is Cc1cc(C)nc(/N=C/c2ccc([N+](=O)[O-])cc2)n1. The Labute approximate surface area is 110 Å². The number of benzene rings is 1. The molecule has 0 aliphatic carbocycles. The summed E-state index contributed by atoms with van der Waals surface area (Å²) in [5, 5.41) is 10.5. The largest absolute Gasteiger partial charge is 0.269 e. The highest BCUT2D eigenvalue weighted by atomic mass is 16.6. The van der Waals surface area contributed by atoms with Gasteiger partial charge in [-0.15, -0.1) is 0 Å². The van der Waals surface area contributed by atoms with Gasteiger partial charge in [0.2, 0.25) is 5.95 Å². The van der Waals surface area contributed by atoms with Crippen LogP contribution in [0.5, 0.6) is 0 Å². The van der Waals surface area contributed by atoms with E-state index in [0.29, 0.717) is 5.95 Å². The molecule has 2 rings (SSSR count). The van der Waals surface area contributed by atoms with Crippen molar-refractivity contribution in [1.82, 2.24) is 9.97 Å². The van der Waals surface area contributed by atoms with Crippen molar-refractivity contribution in [2.75, 3.05) is 0 Å². The Morgan fingerprint density at radius 2 is 1.74 bits per heavy atom. The van der Waals surface area contributed by atoms with Crippen molar-refractivity contribution in [2.24, 2.45) is 4.99 Å². The first-order valence-electron chi connectivity index (χ1n) is 5.65. The lowest BCUT2D eigenvalue weighted by Gasteiger charge is -1.97. The average Bonchev–Trinajstić information content (AvgIpc) is 2.36. The van der Waals surface area contributed by atoms with E-state index in [1.54, 1.807) is 18.3 Å². The predicted molar refractivity (Wildman–Crippen MR) is 71.9 cm³/mol. The molecule has 0 aliphatic rings. The smallest absolute Gasteiger partial charge is 0.258 e. The third kappa shape index (κ3) is 3.41. The molecule has 6 heteroatoms. The van der Waals surface area contributed by atoms with E-state index in [-0.39, 0.29) is 5.69 Å². The molecule has 0 fully saturated rings. The fourth-order valence-electron chi connectivity index (χ4n) is 1.58. The van der Waals surface area contributed by atoms with Crippen molar-refractivity contribution in [3.05, 3.63) is 57.4 Å². The van der Waals surface area contributed by atoms with Crippen LogP contribution >= 0.6 is 0 Å². The van der Waals surface area contributed by atoms with Crippen LogP contribution in [0, 0.1) is 24.0 Å². The van der Waals surface area contributed by atoms with Crippen LogP contribution < -0.4 is 0 Å². The average molecular weight is 256 g/mol. The molecule has 0 atom stereocenters. The van der Waals surface area contributed by atoms with Crippen LogP contribution in [0.25, 0.3) is 0 Å². The number of hydrogen-bond donors (Lipinski definition) is 0. The Bertz CT molecular complexity index is 615. The van der Waals surface area contributed by atoms with Gasteiger partial charge in [0.05, 0.1) is 4.92 Å². The van der Waals surface area contributed by atoms with Crippen molar-refractivity contribution in [3.63, 3.8) is 0 Å².